The summed E-state index contributed by atoms with van der Waals surface area (Å²) in [6.07, 6.45) is 0. The number of carbonyl (C=O) groups is 1. The third-order valence-corrected chi connectivity index (χ3v) is 6.40. The molecule has 3 aromatic carbocycles. The number of fused-ring (bicyclic) bond motifs is 1. The quantitative estimate of drug-likeness (QED) is 0.665. The fourth-order valence-electron chi connectivity index (χ4n) is 3.01. The van der Waals surface area contributed by atoms with Crippen LogP contribution in [0.1, 0.15) is 18.5 Å². The molecule has 3 aromatic rings. The van der Waals surface area contributed by atoms with Gasteiger partial charge in [0.1, 0.15) is 11.6 Å². The largest absolute Gasteiger partial charge is 0.348 e. The number of nitrogens with one attached hydrogen (secondary N) is 1. The number of halogens is 2. The molecule has 0 aliphatic heterocycles. The molecule has 0 saturated heterocycles. The average Bonchev–Trinajstić information content (AvgIpc) is 2.67. The monoisotopic (exact) mass is 418 g/mol. The van der Waals surface area contributed by atoms with Gasteiger partial charge in [0.05, 0.1) is 17.5 Å². The van der Waals surface area contributed by atoms with Gasteiger partial charge in [0.2, 0.25) is 15.9 Å². The topological polar surface area (TPSA) is 66.5 Å². The van der Waals surface area contributed by atoms with Crippen molar-refractivity contribution in [3.63, 3.8) is 0 Å². The standard InChI is InChI=1S/C21H20F2N2O3S/c1-14(19-10-8-17(22)12-20(19)23)24-21(26)13-25(2)29(27,28)18-9-7-15-5-3-4-6-16(15)11-18/h3-12,14H,13H2,1-2H3,(H,24,26)/t14-/m0/s1. The SMILES string of the molecule is C[C@H](NC(=O)CN(C)S(=O)(=O)c1ccc2ccccc2c1)c1ccc(F)cc1F. The van der Waals surface area contributed by atoms with Crippen LogP contribution >= 0.6 is 0 Å². The predicted octanol–water partition coefficient (Wildman–Crippen LogP) is 3.62. The smallest absolute Gasteiger partial charge is 0.243 e. The molecule has 0 fully saturated rings. The van der Waals surface area contributed by atoms with Crippen LogP contribution in [-0.2, 0) is 14.8 Å². The second-order valence-corrected chi connectivity index (χ2v) is 8.77. The summed E-state index contributed by atoms with van der Waals surface area (Å²) >= 11 is 0. The molecule has 0 aliphatic rings. The molecule has 8 heteroatoms. The molecular weight excluding hydrogens is 398 g/mol. The number of likely N-dealkylation sites (N-methyl/N-ethyl adjacent to an activating group) is 1. The summed E-state index contributed by atoms with van der Waals surface area (Å²) in [5.41, 5.74) is 0.111. The zero-order chi connectivity index (χ0) is 21.2. The van der Waals surface area contributed by atoms with Gasteiger partial charge >= 0.3 is 0 Å². The number of hydrogen-bond donors (Lipinski definition) is 1. The summed E-state index contributed by atoms with van der Waals surface area (Å²) in [5, 5.41) is 4.21. The van der Waals surface area contributed by atoms with Crippen molar-refractivity contribution in [3.8, 4) is 0 Å². The van der Waals surface area contributed by atoms with E-state index in [0.717, 1.165) is 27.2 Å². The van der Waals surface area contributed by atoms with Gasteiger partial charge in [-0.25, -0.2) is 17.2 Å². The van der Waals surface area contributed by atoms with E-state index in [-0.39, 0.29) is 10.5 Å². The van der Waals surface area contributed by atoms with Crippen molar-refractivity contribution in [1.82, 2.24) is 9.62 Å². The predicted molar refractivity (Wildman–Crippen MR) is 107 cm³/mol. The minimum absolute atomic E-state index is 0.0733. The van der Waals surface area contributed by atoms with E-state index in [2.05, 4.69) is 5.32 Å². The molecule has 152 valence electrons. The minimum atomic E-state index is -3.89. The first-order valence-electron chi connectivity index (χ1n) is 8.88. The van der Waals surface area contributed by atoms with Crippen LogP contribution in [0.5, 0.6) is 0 Å². The Morgan fingerprint density at radius 3 is 2.41 bits per heavy atom. The van der Waals surface area contributed by atoms with Crippen molar-refractivity contribution in [2.75, 3.05) is 13.6 Å². The lowest BCUT2D eigenvalue weighted by Crippen LogP contribution is -2.39. The Kier molecular flexibility index (Phi) is 5.95. The third kappa shape index (κ3) is 4.60. The van der Waals surface area contributed by atoms with Crippen molar-refractivity contribution in [2.24, 2.45) is 0 Å². The summed E-state index contributed by atoms with van der Waals surface area (Å²) < 4.78 is 53.4. The van der Waals surface area contributed by atoms with Gasteiger partial charge in [0.15, 0.2) is 0 Å². The lowest BCUT2D eigenvalue weighted by atomic mass is 10.1. The van der Waals surface area contributed by atoms with Gasteiger partial charge in [-0.3, -0.25) is 4.79 Å². The number of nitrogens with zero attached hydrogens (tertiary/aromatic N) is 1. The average molecular weight is 418 g/mol. The lowest BCUT2D eigenvalue weighted by molar-refractivity contribution is -0.121. The molecule has 0 spiro atoms. The molecule has 0 aromatic heterocycles. The van der Waals surface area contributed by atoms with Crippen LogP contribution in [0.25, 0.3) is 10.8 Å². The highest BCUT2D eigenvalue weighted by molar-refractivity contribution is 7.89. The molecule has 0 heterocycles. The molecule has 1 N–H and O–H groups in total. The van der Waals surface area contributed by atoms with Crippen molar-refractivity contribution in [2.45, 2.75) is 17.9 Å². The van der Waals surface area contributed by atoms with Crippen LogP contribution < -0.4 is 5.32 Å². The molecule has 5 nitrogen and oxygen atoms in total. The second kappa shape index (κ2) is 8.26. The number of rotatable bonds is 6. The van der Waals surface area contributed by atoms with Crippen LogP contribution in [-0.4, -0.2) is 32.2 Å². The molecule has 29 heavy (non-hydrogen) atoms. The summed E-state index contributed by atoms with van der Waals surface area (Å²) in [4.78, 5) is 12.4. The van der Waals surface area contributed by atoms with Gasteiger partial charge in [-0.05, 0) is 35.9 Å². The van der Waals surface area contributed by atoms with Gasteiger partial charge in [0.25, 0.3) is 0 Å². The van der Waals surface area contributed by atoms with E-state index in [9.17, 15) is 22.0 Å². The van der Waals surface area contributed by atoms with Gasteiger partial charge in [-0.15, -0.1) is 0 Å². The molecule has 1 atom stereocenters. The number of hydrogen-bond acceptors (Lipinski definition) is 3. The molecule has 1 amide bonds. The van der Waals surface area contributed by atoms with Gasteiger partial charge in [-0.2, -0.15) is 4.31 Å². The van der Waals surface area contributed by atoms with E-state index in [1.54, 1.807) is 18.2 Å². The van der Waals surface area contributed by atoms with Gasteiger partial charge in [0, 0.05) is 18.7 Å². The minimum Gasteiger partial charge on any atom is -0.348 e. The first-order valence-corrected chi connectivity index (χ1v) is 10.3. The Morgan fingerprint density at radius 2 is 1.72 bits per heavy atom. The maximum Gasteiger partial charge on any atom is 0.243 e. The Labute approximate surface area is 168 Å². The second-order valence-electron chi connectivity index (χ2n) is 6.73. The van der Waals surface area contributed by atoms with Crippen LogP contribution in [0.15, 0.2) is 65.6 Å². The zero-order valence-corrected chi connectivity index (χ0v) is 16.7. The molecule has 3 rings (SSSR count). The van der Waals surface area contributed by atoms with Crippen molar-refractivity contribution in [1.29, 1.82) is 0 Å². The van der Waals surface area contributed by atoms with Crippen LogP contribution in [0.3, 0.4) is 0 Å². The van der Waals surface area contributed by atoms with E-state index >= 15 is 0 Å². The molecule has 0 unspecified atom stereocenters. The zero-order valence-electron chi connectivity index (χ0n) is 15.9. The van der Waals surface area contributed by atoms with E-state index in [4.69, 9.17) is 0 Å². The van der Waals surface area contributed by atoms with Crippen LogP contribution in [0.4, 0.5) is 8.78 Å². The molecule has 0 saturated carbocycles. The Bertz CT molecular complexity index is 1170. The Balaban J connectivity index is 1.72. The molecule has 0 radical (unpaired) electrons. The maximum absolute atomic E-state index is 13.9. The molecular formula is C21H20F2N2O3S. The molecule has 0 bridgehead atoms. The van der Waals surface area contributed by atoms with Crippen molar-refractivity contribution in [3.05, 3.63) is 77.9 Å². The number of carbonyl (C=O) groups excluding carboxylic acids is 1. The van der Waals surface area contributed by atoms with Crippen LogP contribution in [0, 0.1) is 11.6 Å². The van der Waals surface area contributed by atoms with Crippen molar-refractivity contribution >= 4 is 26.7 Å². The van der Waals surface area contributed by atoms with Crippen molar-refractivity contribution < 1.29 is 22.0 Å². The summed E-state index contributed by atoms with van der Waals surface area (Å²) in [5.74, 6) is -2.10. The maximum atomic E-state index is 13.9. The first-order chi connectivity index (χ1) is 13.7. The summed E-state index contributed by atoms with van der Waals surface area (Å²) in [6.45, 7) is 1.09. The fourth-order valence-corrected chi connectivity index (χ4v) is 4.18. The fraction of sp³-hybridized carbons (Fsp3) is 0.190. The lowest BCUT2D eigenvalue weighted by Gasteiger charge is -2.20. The normalized spacial score (nSPS) is 12.9. The highest BCUT2D eigenvalue weighted by Gasteiger charge is 2.24. The highest BCUT2D eigenvalue weighted by atomic mass is 32.2. The highest BCUT2D eigenvalue weighted by Crippen LogP contribution is 2.22. The number of sulfonamides is 1. The van der Waals surface area contributed by atoms with Gasteiger partial charge < -0.3 is 5.32 Å². The summed E-state index contributed by atoms with van der Waals surface area (Å²) in [6, 6.07) is 14.4. The van der Waals surface area contributed by atoms with Crippen LogP contribution in [0.2, 0.25) is 0 Å². The number of amides is 1. The molecule has 0 aliphatic carbocycles. The van der Waals surface area contributed by atoms with E-state index < -0.39 is 40.2 Å². The Hall–Kier alpha value is -2.84. The third-order valence-electron chi connectivity index (χ3n) is 4.60. The first kappa shape index (κ1) is 20.9. The van der Waals surface area contributed by atoms with E-state index in [1.165, 1.54) is 26.1 Å². The van der Waals surface area contributed by atoms with Gasteiger partial charge in [-0.1, -0.05) is 36.4 Å². The van der Waals surface area contributed by atoms with E-state index in [0.29, 0.717) is 0 Å². The number of benzene rings is 3. The Morgan fingerprint density at radius 1 is 1.03 bits per heavy atom. The summed E-state index contributed by atoms with van der Waals surface area (Å²) in [7, 11) is -2.59. The van der Waals surface area contributed by atoms with E-state index in [1.807, 2.05) is 18.2 Å².